The monoisotopic (exact) mass is 347 g/mol. The number of nitrogens with one attached hydrogen (secondary N) is 1. The van der Waals surface area contributed by atoms with Crippen LogP contribution in [0.2, 0.25) is 0 Å². The van der Waals surface area contributed by atoms with Crippen LogP contribution in [0.4, 0.5) is 5.69 Å². The normalized spacial score (nSPS) is 21.8. The van der Waals surface area contributed by atoms with E-state index in [-0.39, 0.29) is 10.6 Å². The summed E-state index contributed by atoms with van der Waals surface area (Å²) in [6.45, 7) is 7.34. The number of thiazole rings is 1. The number of aromatic amines is 1. The molecule has 1 aromatic heterocycles. The fourth-order valence-electron chi connectivity index (χ4n) is 3.58. The van der Waals surface area contributed by atoms with Gasteiger partial charge in [-0.3, -0.25) is 19.8 Å². The second-order valence-electron chi connectivity index (χ2n) is 6.76. The van der Waals surface area contributed by atoms with E-state index in [1.807, 2.05) is 0 Å². The van der Waals surface area contributed by atoms with Gasteiger partial charge in [-0.25, -0.2) is 0 Å². The molecule has 3 rings (SSSR count). The second kappa shape index (κ2) is 6.86. The van der Waals surface area contributed by atoms with Crippen molar-refractivity contribution in [2.75, 3.05) is 13.1 Å². The third-order valence-corrected chi connectivity index (χ3v) is 5.27. The number of nitro groups is 1. The van der Waals surface area contributed by atoms with Gasteiger partial charge in [-0.15, -0.1) is 0 Å². The van der Waals surface area contributed by atoms with Crippen molar-refractivity contribution in [1.29, 1.82) is 0 Å². The predicted octanol–water partition coefficient (Wildman–Crippen LogP) is 3.49. The molecule has 1 aromatic carbocycles. The molecule has 2 unspecified atom stereocenters. The number of hydrogen-bond donors (Lipinski definition) is 1. The minimum atomic E-state index is -0.419. The molecule has 1 aliphatic rings. The number of aromatic nitrogens is 1. The van der Waals surface area contributed by atoms with Crippen LogP contribution in [0.3, 0.4) is 0 Å². The maximum atomic E-state index is 11.9. The van der Waals surface area contributed by atoms with E-state index in [2.05, 4.69) is 23.7 Å². The predicted molar refractivity (Wildman–Crippen MR) is 95.3 cm³/mol. The summed E-state index contributed by atoms with van der Waals surface area (Å²) in [7, 11) is 0. The molecule has 128 valence electrons. The average Bonchev–Trinajstić information content (AvgIpc) is 2.86. The molecule has 0 bridgehead atoms. The number of piperidine rings is 1. The van der Waals surface area contributed by atoms with E-state index in [0.717, 1.165) is 35.8 Å². The molecule has 24 heavy (non-hydrogen) atoms. The van der Waals surface area contributed by atoms with Gasteiger partial charge in [-0.2, -0.15) is 0 Å². The molecule has 2 aromatic rings. The van der Waals surface area contributed by atoms with Crippen molar-refractivity contribution in [2.45, 2.75) is 26.8 Å². The zero-order valence-corrected chi connectivity index (χ0v) is 14.6. The van der Waals surface area contributed by atoms with Crippen LogP contribution in [-0.2, 0) is 6.54 Å². The van der Waals surface area contributed by atoms with Crippen LogP contribution in [0.5, 0.6) is 0 Å². The highest BCUT2D eigenvalue weighted by atomic mass is 32.1. The number of hydrogen-bond acceptors (Lipinski definition) is 5. The lowest BCUT2D eigenvalue weighted by Gasteiger charge is -2.34. The van der Waals surface area contributed by atoms with E-state index in [1.54, 1.807) is 12.1 Å². The lowest BCUT2D eigenvalue weighted by atomic mass is 9.92. The molecular formula is C17H21N3O3S. The van der Waals surface area contributed by atoms with Crippen LogP contribution in [0.25, 0.3) is 11.3 Å². The molecule has 0 saturated carbocycles. The summed E-state index contributed by atoms with van der Waals surface area (Å²) in [5.74, 6) is 1.32. The number of nitrogens with zero attached hydrogens (tertiary/aromatic N) is 2. The Bertz CT molecular complexity index is 771. The van der Waals surface area contributed by atoms with Crippen LogP contribution >= 0.6 is 11.3 Å². The molecule has 1 N–H and O–H groups in total. The number of benzene rings is 1. The van der Waals surface area contributed by atoms with Gasteiger partial charge in [0.25, 0.3) is 5.69 Å². The molecule has 0 radical (unpaired) electrons. The maximum Gasteiger partial charge on any atom is 0.305 e. The van der Waals surface area contributed by atoms with Crippen LogP contribution in [-0.4, -0.2) is 27.9 Å². The smallest absolute Gasteiger partial charge is 0.305 e. The summed E-state index contributed by atoms with van der Waals surface area (Å²) in [6, 6.07) is 6.34. The lowest BCUT2D eigenvalue weighted by Crippen LogP contribution is -2.38. The van der Waals surface area contributed by atoms with E-state index in [4.69, 9.17) is 0 Å². The van der Waals surface area contributed by atoms with Gasteiger partial charge in [0.15, 0.2) is 0 Å². The molecule has 0 amide bonds. The van der Waals surface area contributed by atoms with Gasteiger partial charge < -0.3 is 4.98 Å². The molecular weight excluding hydrogens is 326 g/mol. The van der Waals surface area contributed by atoms with Gasteiger partial charge in [0.2, 0.25) is 0 Å². The van der Waals surface area contributed by atoms with E-state index >= 15 is 0 Å². The molecule has 6 nitrogen and oxygen atoms in total. The summed E-state index contributed by atoms with van der Waals surface area (Å²) in [5, 5.41) is 10.8. The molecule has 1 saturated heterocycles. The Balaban J connectivity index is 1.85. The highest BCUT2D eigenvalue weighted by Crippen LogP contribution is 2.29. The Morgan fingerprint density at radius 2 is 1.88 bits per heavy atom. The number of H-pyrrole nitrogens is 1. The third kappa shape index (κ3) is 3.73. The molecule has 7 heteroatoms. The van der Waals surface area contributed by atoms with E-state index in [9.17, 15) is 14.9 Å². The summed E-state index contributed by atoms with van der Waals surface area (Å²) < 4.78 is 0. The largest absolute Gasteiger partial charge is 0.312 e. The minimum absolute atomic E-state index is 0.0524. The highest BCUT2D eigenvalue weighted by Gasteiger charge is 2.23. The summed E-state index contributed by atoms with van der Waals surface area (Å²) in [6.07, 6.45) is 1.25. The minimum Gasteiger partial charge on any atom is -0.312 e. The van der Waals surface area contributed by atoms with Crippen molar-refractivity contribution in [3.05, 3.63) is 48.9 Å². The van der Waals surface area contributed by atoms with Crippen LogP contribution in [0.1, 0.15) is 25.1 Å². The topological polar surface area (TPSA) is 79.2 Å². The first kappa shape index (κ1) is 16.9. The number of rotatable bonds is 4. The Morgan fingerprint density at radius 3 is 2.46 bits per heavy atom. The number of nitro benzene ring substituents is 1. The standard InChI is InChI=1S/C17H21N3O3S/c1-11-7-12(2)9-19(8-11)10-15-16(18-17(21)24-15)13-3-5-14(6-4-13)20(22)23/h3-6,11-12H,7-10H2,1-2H3,(H,18,21). The molecule has 0 aliphatic carbocycles. The molecule has 2 heterocycles. The zero-order valence-electron chi connectivity index (χ0n) is 13.8. The van der Waals surface area contributed by atoms with Crippen molar-refractivity contribution in [1.82, 2.24) is 9.88 Å². The Hall–Kier alpha value is -1.99. The van der Waals surface area contributed by atoms with Gasteiger partial charge in [0.1, 0.15) is 0 Å². The van der Waals surface area contributed by atoms with Gasteiger partial charge in [0, 0.05) is 36.6 Å². The van der Waals surface area contributed by atoms with Gasteiger partial charge >= 0.3 is 4.87 Å². The van der Waals surface area contributed by atoms with Crippen molar-refractivity contribution >= 4 is 17.0 Å². The number of non-ortho nitro benzene ring substituents is 1. The van der Waals surface area contributed by atoms with Gasteiger partial charge in [-0.1, -0.05) is 25.2 Å². The SMILES string of the molecule is CC1CC(C)CN(Cc2sc(=O)[nH]c2-c2ccc([N+](=O)[O-])cc2)C1. The quantitative estimate of drug-likeness (QED) is 0.678. The Morgan fingerprint density at radius 1 is 1.25 bits per heavy atom. The third-order valence-electron chi connectivity index (χ3n) is 4.40. The Labute approximate surface area is 144 Å². The second-order valence-corrected chi connectivity index (χ2v) is 7.82. The summed E-state index contributed by atoms with van der Waals surface area (Å²) in [4.78, 5) is 28.4. The Kier molecular flexibility index (Phi) is 4.82. The zero-order chi connectivity index (χ0) is 17.3. The van der Waals surface area contributed by atoms with Crippen LogP contribution in [0, 0.1) is 22.0 Å². The van der Waals surface area contributed by atoms with Gasteiger partial charge in [-0.05, 0) is 36.0 Å². The van der Waals surface area contributed by atoms with Gasteiger partial charge in [0.05, 0.1) is 10.6 Å². The molecule has 2 atom stereocenters. The fourth-order valence-corrected chi connectivity index (χ4v) is 4.47. The molecule has 1 fully saturated rings. The van der Waals surface area contributed by atoms with E-state index in [1.165, 1.54) is 29.9 Å². The molecule has 1 aliphatic heterocycles. The van der Waals surface area contributed by atoms with Crippen molar-refractivity contribution in [3.8, 4) is 11.3 Å². The van der Waals surface area contributed by atoms with Crippen LogP contribution < -0.4 is 4.87 Å². The van der Waals surface area contributed by atoms with E-state index < -0.39 is 4.92 Å². The fraction of sp³-hybridized carbons (Fsp3) is 0.471. The first-order chi connectivity index (χ1) is 11.4. The maximum absolute atomic E-state index is 11.9. The van der Waals surface area contributed by atoms with E-state index in [0.29, 0.717) is 11.8 Å². The summed E-state index contributed by atoms with van der Waals surface area (Å²) >= 11 is 1.23. The summed E-state index contributed by atoms with van der Waals surface area (Å²) in [5.41, 5.74) is 1.65. The average molecular weight is 347 g/mol. The highest BCUT2D eigenvalue weighted by molar-refractivity contribution is 7.09. The van der Waals surface area contributed by atoms with Crippen molar-refractivity contribution < 1.29 is 4.92 Å². The van der Waals surface area contributed by atoms with Crippen LogP contribution in [0.15, 0.2) is 29.1 Å². The van der Waals surface area contributed by atoms with Crippen molar-refractivity contribution in [3.63, 3.8) is 0 Å². The first-order valence-electron chi connectivity index (χ1n) is 8.11. The molecule has 0 spiro atoms. The van der Waals surface area contributed by atoms with Crippen molar-refractivity contribution in [2.24, 2.45) is 11.8 Å². The lowest BCUT2D eigenvalue weighted by molar-refractivity contribution is -0.384. The first-order valence-corrected chi connectivity index (χ1v) is 8.93. The number of likely N-dealkylation sites (tertiary alicyclic amines) is 1.